The Bertz CT molecular complexity index is 982. The second-order valence-corrected chi connectivity index (χ2v) is 6.61. The number of hydrogen-bond donors (Lipinski definition) is 1. The molecular weight excluding hydrogens is 336 g/mol. The summed E-state index contributed by atoms with van der Waals surface area (Å²) in [7, 11) is 0. The zero-order chi connectivity index (χ0) is 18.6. The quantitative estimate of drug-likeness (QED) is 0.767. The highest BCUT2D eigenvalue weighted by molar-refractivity contribution is 6.09. The molecule has 1 aliphatic rings. The Morgan fingerprint density at radius 1 is 0.778 bits per heavy atom. The molecule has 2 amide bonds. The fourth-order valence-electron chi connectivity index (χ4n) is 3.40. The fourth-order valence-corrected chi connectivity index (χ4v) is 3.40. The van der Waals surface area contributed by atoms with E-state index in [1.165, 1.54) is 11.1 Å². The highest BCUT2D eigenvalue weighted by Crippen LogP contribution is 2.23. The Morgan fingerprint density at radius 3 is 2.26 bits per heavy atom. The second kappa shape index (κ2) is 7.46. The number of carbonyl (C=O) groups is 2. The lowest BCUT2D eigenvalue weighted by molar-refractivity contribution is 0.0736. The van der Waals surface area contributed by atoms with Crippen LogP contribution < -0.4 is 5.32 Å². The van der Waals surface area contributed by atoms with Crippen LogP contribution in [0.3, 0.4) is 0 Å². The number of para-hydroxylation sites is 1. The number of nitrogens with zero attached hydrogens (tertiary/aromatic N) is 1. The molecule has 0 saturated heterocycles. The summed E-state index contributed by atoms with van der Waals surface area (Å²) in [5.41, 5.74) is 4.10. The van der Waals surface area contributed by atoms with E-state index in [2.05, 4.69) is 17.4 Å². The van der Waals surface area contributed by atoms with Gasteiger partial charge in [0.1, 0.15) is 0 Å². The molecule has 3 aromatic carbocycles. The molecule has 0 atom stereocenters. The largest absolute Gasteiger partial charge is 0.334 e. The maximum Gasteiger partial charge on any atom is 0.256 e. The molecule has 0 fully saturated rings. The number of nitrogens with one attached hydrogen (secondary N) is 1. The number of fused-ring (bicyclic) bond motifs is 1. The van der Waals surface area contributed by atoms with Crippen LogP contribution in [-0.4, -0.2) is 23.3 Å². The van der Waals surface area contributed by atoms with E-state index in [1.54, 1.807) is 24.3 Å². The van der Waals surface area contributed by atoms with Crippen LogP contribution in [0.25, 0.3) is 0 Å². The van der Waals surface area contributed by atoms with Crippen molar-refractivity contribution in [2.45, 2.75) is 13.0 Å². The Kier molecular flexibility index (Phi) is 4.71. The van der Waals surface area contributed by atoms with Crippen molar-refractivity contribution in [2.24, 2.45) is 0 Å². The molecule has 0 bridgehead atoms. The predicted octanol–water partition coefficient (Wildman–Crippen LogP) is 4.14. The second-order valence-electron chi connectivity index (χ2n) is 6.61. The van der Waals surface area contributed by atoms with Gasteiger partial charge >= 0.3 is 0 Å². The van der Waals surface area contributed by atoms with Crippen molar-refractivity contribution in [3.63, 3.8) is 0 Å². The summed E-state index contributed by atoms with van der Waals surface area (Å²) < 4.78 is 0. The number of hydrogen-bond acceptors (Lipinski definition) is 2. The molecule has 0 saturated carbocycles. The first-order chi connectivity index (χ1) is 13.2. The fraction of sp³-hybridized carbons (Fsp3) is 0.130. The molecular formula is C23H20N2O2. The van der Waals surface area contributed by atoms with Crippen LogP contribution in [0, 0.1) is 0 Å². The Morgan fingerprint density at radius 2 is 1.44 bits per heavy atom. The monoisotopic (exact) mass is 356 g/mol. The minimum absolute atomic E-state index is 0.0616. The highest BCUT2D eigenvalue weighted by atomic mass is 16.2. The Hall–Kier alpha value is -3.40. The summed E-state index contributed by atoms with van der Waals surface area (Å²) in [4.78, 5) is 27.5. The van der Waals surface area contributed by atoms with Crippen molar-refractivity contribution in [1.82, 2.24) is 4.90 Å². The molecule has 0 radical (unpaired) electrons. The van der Waals surface area contributed by atoms with Gasteiger partial charge in [-0.2, -0.15) is 0 Å². The molecule has 1 heterocycles. The van der Waals surface area contributed by atoms with E-state index in [1.807, 2.05) is 47.4 Å². The number of anilines is 1. The summed E-state index contributed by atoms with van der Waals surface area (Å²) >= 11 is 0. The van der Waals surface area contributed by atoms with Crippen molar-refractivity contribution < 1.29 is 9.59 Å². The molecule has 0 unspecified atom stereocenters. The number of benzene rings is 3. The molecule has 3 aromatic rings. The minimum Gasteiger partial charge on any atom is -0.334 e. The van der Waals surface area contributed by atoms with Gasteiger partial charge in [0.2, 0.25) is 0 Å². The zero-order valence-electron chi connectivity index (χ0n) is 14.9. The van der Waals surface area contributed by atoms with Crippen LogP contribution in [-0.2, 0) is 13.0 Å². The van der Waals surface area contributed by atoms with Gasteiger partial charge in [-0.25, -0.2) is 0 Å². The van der Waals surface area contributed by atoms with Crippen LogP contribution in [0.5, 0.6) is 0 Å². The molecule has 0 aliphatic carbocycles. The molecule has 4 heteroatoms. The average Bonchev–Trinajstić information content (AvgIpc) is 2.74. The summed E-state index contributed by atoms with van der Waals surface area (Å²) in [5, 5.41) is 2.88. The smallest absolute Gasteiger partial charge is 0.256 e. The molecule has 0 aromatic heterocycles. The van der Waals surface area contributed by atoms with Crippen LogP contribution in [0.4, 0.5) is 5.69 Å². The number of carbonyl (C=O) groups excluding carboxylic acids is 2. The molecule has 27 heavy (non-hydrogen) atoms. The number of amides is 2. The summed E-state index contributed by atoms with van der Waals surface area (Å²) in [6.07, 6.45) is 0.848. The Labute approximate surface area is 158 Å². The lowest BCUT2D eigenvalue weighted by Crippen LogP contribution is -2.36. The standard InChI is InChI=1S/C23H20N2O2/c26-22(18-9-2-1-3-10-18)24-21-13-7-6-12-20(21)23(27)25-15-14-17-8-4-5-11-19(17)16-25/h1-13H,14-16H2,(H,24,26). The first-order valence-electron chi connectivity index (χ1n) is 9.04. The van der Waals surface area contributed by atoms with Gasteiger partial charge in [-0.15, -0.1) is 0 Å². The molecule has 1 aliphatic heterocycles. The van der Waals surface area contributed by atoms with Crippen molar-refractivity contribution in [3.05, 3.63) is 101 Å². The molecule has 4 nitrogen and oxygen atoms in total. The first kappa shape index (κ1) is 17.0. The van der Waals surface area contributed by atoms with Crippen molar-refractivity contribution in [1.29, 1.82) is 0 Å². The van der Waals surface area contributed by atoms with E-state index in [0.717, 1.165) is 6.42 Å². The minimum atomic E-state index is -0.222. The van der Waals surface area contributed by atoms with Crippen molar-refractivity contribution in [2.75, 3.05) is 11.9 Å². The third-order valence-electron chi connectivity index (χ3n) is 4.86. The normalized spacial score (nSPS) is 13.0. The van der Waals surface area contributed by atoms with Gasteiger partial charge in [0.05, 0.1) is 11.3 Å². The van der Waals surface area contributed by atoms with Crippen LogP contribution in [0.15, 0.2) is 78.9 Å². The van der Waals surface area contributed by atoms with E-state index >= 15 is 0 Å². The van der Waals surface area contributed by atoms with Crippen LogP contribution >= 0.6 is 0 Å². The lowest BCUT2D eigenvalue weighted by Gasteiger charge is -2.29. The van der Waals surface area contributed by atoms with Crippen LogP contribution in [0.2, 0.25) is 0 Å². The van der Waals surface area contributed by atoms with E-state index in [4.69, 9.17) is 0 Å². The summed E-state index contributed by atoms with van der Waals surface area (Å²) in [6, 6.07) is 24.4. The lowest BCUT2D eigenvalue weighted by atomic mass is 9.99. The van der Waals surface area contributed by atoms with Crippen molar-refractivity contribution in [3.8, 4) is 0 Å². The average molecular weight is 356 g/mol. The predicted molar refractivity (Wildman–Crippen MR) is 106 cm³/mol. The maximum atomic E-state index is 13.1. The molecule has 1 N–H and O–H groups in total. The first-order valence-corrected chi connectivity index (χ1v) is 9.04. The van der Waals surface area contributed by atoms with Gasteiger partial charge in [-0.05, 0) is 41.8 Å². The maximum absolute atomic E-state index is 13.1. The molecule has 4 rings (SSSR count). The third kappa shape index (κ3) is 3.60. The van der Waals surface area contributed by atoms with Crippen molar-refractivity contribution >= 4 is 17.5 Å². The van der Waals surface area contributed by atoms with Gasteiger partial charge < -0.3 is 10.2 Å². The van der Waals surface area contributed by atoms with Gasteiger partial charge in [-0.3, -0.25) is 9.59 Å². The van der Waals surface area contributed by atoms with E-state index in [-0.39, 0.29) is 11.8 Å². The molecule has 0 spiro atoms. The molecule has 134 valence electrons. The van der Waals surface area contributed by atoms with Gasteiger partial charge in [-0.1, -0.05) is 54.6 Å². The van der Waals surface area contributed by atoms with E-state index in [0.29, 0.717) is 29.9 Å². The Balaban J connectivity index is 1.56. The van der Waals surface area contributed by atoms with Gasteiger partial charge in [0, 0.05) is 18.7 Å². The van der Waals surface area contributed by atoms with Gasteiger partial charge in [0.15, 0.2) is 0 Å². The zero-order valence-corrected chi connectivity index (χ0v) is 14.9. The highest BCUT2D eigenvalue weighted by Gasteiger charge is 2.23. The van der Waals surface area contributed by atoms with E-state index < -0.39 is 0 Å². The van der Waals surface area contributed by atoms with E-state index in [9.17, 15) is 9.59 Å². The van der Waals surface area contributed by atoms with Crippen LogP contribution in [0.1, 0.15) is 31.8 Å². The summed E-state index contributed by atoms with van der Waals surface area (Å²) in [6.45, 7) is 1.27. The number of rotatable bonds is 3. The summed E-state index contributed by atoms with van der Waals surface area (Å²) in [5.74, 6) is -0.284. The topological polar surface area (TPSA) is 49.4 Å². The van der Waals surface area contributed by atoms with Gasteiger partial charge in [0.25, 0.3) is 11.8 Å². The SMILES string of the molecule is O=C(Nc1ccccc1C(=O)N1CCc2ccccc2C1)c1ccccc1. The third-order valence-corrected chi connectivity index (χ3v) is 4.86.